The van der Waals surface area contributed by atoms with Crippen LogP contribution in [0.1, 0.15) is 61.6 Å². The van der Waals surface area contributed by atoms with Gasteiger partial charge in [0, 0.05) is 43.0 Å². The van der Waals surface area contributed by atoms with Crippen molar-refractivity contribution < 1.29 is 4.79 Å². The van der Waals surface area contributed by atoms with E-state index in [4.69, 9.17) is 0 Å². The lowest BCUT2D eigenvalue weighted by Gasteiger charge is -2.17. The molecule has 1 aromatic heterocycles. The first-order valence-electron chi connectivity index (χ1n) is 10.5. The van der Waals surface area contributed by atoms with E-state index in [1.54, 1.807) is 0 Å². The summed E-state index contributed by atoms with van der Waals surface area (Å²) >= 11 is 0. The SMILES string of the molecule is CCCCCCNC(=O)CC(c1ccc(C)cc1)c1cn(C)c2ccccc12. The zero-order chi connectivity index (χ0) is 19.9. The minimum absolute atomic E-state index is 0.0577. The van der Waals surface area contributed by atoms with E-state index >= 15 is 0 Å². The fourth-order valence-electron chi connectivity index (χ4n) is 3.89. The van der Waals surface area contributed by atoms with Crippen LogP contribution in [0.3, 0.4) is 0 Å². The number of nitrogens with zero attached hydrogens (tertiary/aromatic N) is 1. The molecule has 1 N–H and O–H groups in total. The Kier molecular flexibility index (Phi) is 6.91. The molecule has 0 fully saturated rings. The van der Waals surface area contributed by atoms with Crippen molar-refractivity contribution in [1.82, 2.24) is 9.88 Å². The lowest BCUT2D eigenvalue weighted by Crippen LogP contribution is -2.26. The molecular formula is C25H32N2O. The third-order valence-electron chi connectivity index (χ3n) is 5.52. The van der Waals surface area contributed by atoms with Crippen LogP contribution in [0.2, 0.25) is 0 Å². The summed E-state index contributed by atoms with van der Waals surface area (Å²) in [7, 11) is 2.08. The van der Waals surface area contributed by atoms with Crippen LogP contribution in [0.15, 0.2) is 54.7 Å². The number of aromatic nitrogens is 1. The van der Waals surface area contributed by atoms with Gasteiger partial charge in [-0.2, -0.15) is 0 Å². The highest BCUT2D eigenvalue weighted by molar-refractivity contribution is 5.86. The Morgan fingerprint density at radius 3 is 2.54 bits per heavy atom. The molecule has 3 aromatic rings. The van der Waals surface area contributed by atoms with Gasteiger partial charge in [-0.3, -0.25) is 4.79 Å². The van der Waals surface area contributed by atoms with Crippen LogP contribution in [0, 0.1) is 6.92 Å². The Hall–Kier alpha value is -2.55. The summed E-state index contributed by atoms with van der Waals surface area (Å²) in [5, 5.41) is 4.36. The van der Waals surface area contributed by atoms with Crippen molar-refractivity contribution in [3.8, 4) is 0 Å². The van der Waals surface area contributed by atoms with Gasteiger partial charge >= 0.3 is 0 Å². The Morgan fingerprint density at radius 2 is 1.79 bits per heavy atom. The van der Waals surface area contributed by atoms with E-state index in [2.05, 4.69) is 85.5 Å². The number of rotatable bonds is 9. The van der Waals surface area contributed by atoms with Gasteiger partial charge in [-0.1, -0.05) is 74.2 Å². The lowest BCUT2D eigenvalue weighted by molar-refractivity contribution is -0.121. The molecule has 1 unspecified atom stereocenters. The molecule has 0 saturated heterocycles. The second kappa shape index (κ2) is 9.59. The molecule has 148 valence electrons. The number of carbonyl (C=O) groups excluding carboxylic acids is 1. The monoisotopic (exact) mass is 376 g/mol. The number of benzene rings is 2. The normalized spacial score (nSPS) is 12.2. The molecule has 2 aromatic carbocycles. The number of hydrogen-bond donors (Lipinski definition) is 1. The fourth-order valence-corrected chi connectivity index (χ4v) is 3.89. The molecule has 1 atom stereocenters. The number of para-hydroxylation sites is 1. The largest absolute Gasteiger partial charge is 0.356 e. The van der Waals surface area contributed by atoms with E-state index in [1.165, 1.54) is 46.9 Å². The fraction of sp³-hybridized carbons (Fsp3) is 0.400. The average molecular weight is 377 g/mol. The Labute approximate surface area is 168 Å². The van der Waals surface area contributed by atoms with Crippen LogP contribution in [-0.4, -0.2) is 17.0 Å². The van der Waals surface area contributed by atoms with Crippen molar-refractivity contribution in [2.24, 2.45) is 7.05 Å². The number of nitrogens with one attached hydrogen (secondary N) is 1. The first-order chi connectivity index (χ1) is 13.6. The average Bonchev–Trinajstić information content (AvgIpc) is 3.03. The van der Waals surface area contributed by atoms with Gasteiger partial charge in [-0.15, -0.1) is 0 Å². The maximum atomic E-state index is 12.7. The molecular weight excluding hydrogens is 344 g/mol. The summed E-state index contributed by atoms with van der Waals surface area (Å²) in [6.07, 6.45) is 7.35. The maximum Gasteiger partial charge on any atom is 0.220 e. The van der Waals surface area contributed by atoms with E-state index in [-0.39, 0.29) is 11.8 Å². The molecule has 0 aliphatic heterocycles. The van der Waals surface area contributed by atoms with E-state index < -0.39 is 0 Å². The number of carbonyl (C=O) groups is 1. The first-order valence-corrected chi connectivity index (χ1v) is 10.5. The first kappa shape index (κ1) is 20.2. The van der Waals surface area contributed by atoms with E-state index in [0.717, 1.165) is 13.0 Å². The third-order valence-corrected chi connectivity index (χ3v) is 5.52. The number of amides is 1. The van der Waals surface area contributed by atoms with Crippen LogP contribution in [0.4, 0.5) is 0 Å². The summed E-state index contributed by atoms with van der Waals surface area (Å²) in [4.78, 5) is 12.7. The van der Waals surface area contributed by atoms with Gasteiger partial charge in [0.2, 0.25) is 5.91 Å². The van der Waals surface area contributed by atoms with E-state index in [0.29, 0.717) is 6.42 Å². The summed E-state index contributed by atoms with van der Waals surface area (Å²) < 4.78 is 2.16. The maximum absolute atomic E-state index is 12.7. The van der Waals surface area contributed by atoms with Crippen molar-refractivity contribution in [1.29, 1.82) is 0 Å². The molecule has 0 bridgehead atoms. The number of unbranched alkanes of at least 4 members (excludes halogenated alkanes) is 3. The molecule has 0 spiro atoms. The molecule has 3 heteroatoms. The van der Waals surface area contributed by atoms with Gasteiger partial charge in [0.1, 0.15) is 0 Å². The molecule has 0 radical (unpaired) electrons. The quantitative estimate of drug-likeness (QED) is 0.477. The number of fused-ring (bicyclic) bond motifs is 1. The number of aryl methyl sites for hydroxylation is 2. The molecule has 3 nitrogen and oxygen atoms in total. The molecule has 3 rings (SSSR count). The standard InChI is InChI=1S/C25H32N2O/c1-4-5-6-9-16-26-25(28)17-22(20-14-12-19(2)13-15-20)23-18-27(3)24-11-8-7-10-21(23)24/h7-8,10-15,18,22H,4-6,9,16-17H2,1-3H3,(H,26,28). The van der Waals surface area contributed by atoms with Crippen molar-refractivity contribution in [3.63, 3.8) is 0 Å². The third kappa shape index (κ3) is 4.83. The lowest BCUT2D eigenvalue weighted by atomic mass is 9.87. The molecule has 1 heterocycles. The van der Waals surface area contributed by atoms with E-state index in [1.807, 2.05) is 0 Å². The highest BCUT2D eigenvalue weighted by atomic mass is 16.1. The number of hydrogen-bond acceptors (Lipinski definition) is 1. The van der Waals surface area contributed by atoms with Gasteiger partial charge < -0.3 is 9.88 Å². The Morgan fingerprint density at radius 1 is 1.04 bits per heavy atom. The van der Waals surface area contributed by atoms with Gasteiger partial charge in [-0.25, -0.2) is 0 Å². The smallest absolute Gasteiger partial charge is 0.220 e. The summed E-state index contributed by atoms with van der Waals surface area (Å²) in [5.74, 6) is 0.192. The molecule has 0 aliphatic rings. The molecule has 28 heavy (non-hydrogen) atoms. The second-order valence-electron chi connectivity index (χ2n) is 7.79. The predicted octanol–water partition coefficient (Wildman–Crippen LogP) is 5.71. The summed E-state index contributed by atoms with van der Waals surface area (Å²) in [6.45, 7) is 5.07. The Balaban J connectivity index is 1.84. The Bertz CT molecular complexity index is 908. The van der Waals surface area contributed by atoms with Gasteiger partial charge in [0.05, 0.1) is 0 Å². The predicted molar refractivity (Wildman–Crippen MR) is 118 cm³/mol. The van der Waals surface area contributed by atoms with Crippen molar-refractivity contribution in [2.45, 2.75) is 51.9 Å². The molecule has 0 saturated carbocycles. The molecule has 0 aliphatic carbocycles. The van der Waals surface area contributed by atoms with Crippen molar-refractivity contribution in [2.75, 3.05) is 6.54 Å². The van der Waals surface area contributed by atoms with Gasteiger partial charge in [0.15, 0.2) is 0 Å². The minimum atomic E-state index is 0.0577. The van der Waals surface area contributed by atoms with E-state index in [9.17, 15) is 4.79 Å². The molecule has 1 amide bonds. The highest BCUT2D eigenvalue weighted by Gasteiger charge is 2.22. The van der Waals surface area contributed by atoms with Crippen LogP contribution in [0.5, 0.6) is 0 Å². The van der Waals surface area contributed by atoms with Gasteiger partial charge in [-0.05, 0) is 30.5 Å². The van der Waals surface area contributed by atoms with Crippen LogP contribution in [-0.2, 0) is 11.8 Å². The topological polar surface area (TPSA) is 34.0 Å². The zero-order valence-corrected chi connectivity index (χ0v) is 17.4. The summed E-state index contributed by atoms with van der Waals surface area (Å²) in [6, 6.07) is 17.0. The zero-order valence-electron chi connectivity index (χ0n) is 17.4. The second-order valence-corrected chi connectivity index (χ2v) is 7.79. The van der Waals surface area contributed by atoms with Crippen LogP contribution >= 0.6 is 0 Å². The minimum Gasteiger partial charge on any atom is -0.356 e. The van der Waals surface area contributed by atoms with Gasteiger partial charge in [0.25, 0.3) is 0 Å². The van der Waals surface area contributed by atoms with Crippen molar-refractivity contribution in [3.05, 3.63) is 71.4 Å². The van der Waals surface area contributed by atoms with Crippen LogP contribution in [0.25, 0.3) is 10.9 Å². The summed E-state index contributed by atoms with van der Waals surface area (Å²) in [5.41, 5.74) is 4.86. The highest BCUT2D eigenvalue weighted by Crippen LogP contribution is 2.34. The van der Waals surface area contributed by atoms with Crippen molar-refractivity contribution >= 4 is 16.8 Å². The van der Waals surface area contributed by atoms with Crippen LogP contribution < -0.4 is 5.32 Å².